The molecule has 2 aromatic carbocycles. The number of thioether (sulfide) groups is 1. The molecule has 1 N–H and O–H groups in total. The van der Waals surface area contributed by atoms with Crippen LogP contribution in [-0.4, -0.2) is 31.6 Å². The molecule has 4 aromatic rings. The molecular weight excluding hydrogens is 422 g/mol. The average Bonchev–Trinajstić information content (AvgIpc) is 3.42. The number of anilines is 1. The predicted molar refractivity (Wildman–Crippen MR) is 124 cm³/mol. The summed E-state index contributed by atoms with van der Waals surface area (Å²) >= 11 is 1.38. The van der Waals surface area contributed by atoms with E-state index >= 15 is 0 Å². The van der Waals surface area contributed by atoms with Gasteiger partial charge in [-0.1, -0.05) is 77.1 Å². The average molecular weight is 446 g/mol. The van der Waals surface area contributed by atoms with Crippen molar-refractivity contribution >= 4 is 23.6 Å². The number of aromatic nitrogens is 4. The molecule has 0 radical (unpaired) electrons. The summed E-state index contributed by atoms with van der Waals surface area (Å²) < 4.78 is 7.43. The highest BCUT2D eigenvalue weighted by Gasteiger charge is 2.30. The fraction of sp³-hybridized carbons (Fsp3) is 0.250. The van der Waals surface area contributed by atoms with Crippen LogP contribution in [0.1, 0.15) is 35.7 Å². The number of hydrogen-bond donors (Lipinski definition) is 1. The van der Waals surface area contributed by atoms with Gasteiger partial charge in [0.1, 0.15) is 11.5 Å². The zero-order chi connectivity index (χ0) is 21.9. The summed E-state index contributed by atoms with van der Waals surface area (Å²) in [5.41, 5.74) is 3.99. The van der Waals surface area contributed by atoms with Crippen LogP contribution >= 0.6 is 11.8 Å². The van der Waals surface area contributed by atoms with Gasteiger partial charge in [0.2, 0.25) is 11.8 Å². The molecule has 0 spiro atoms. The lowest BCUT2D eigenvalue weighted by Crippen LogP contribution is -2.14. The Kier molecular flexibility index (Phi) is 5.77. The second kappa shape index (κ2) is 9.00. The number of rotatable bonds is 8. The van der Waals surface area contributed by atoms with Crippen molar-refractivity contribution in [2.75, 3.05) is 11.1 Å². The summed E-state index contributed by atoms with van der Waals surface area (Å²) in [5.74, 6) is 1.84. The molecule has 1 fully saturated rings. The summed E-state index contributed by atoms with van der Waals surface area (Å²) in [6.45, 7) is 2.73. The minimum Gasteiger partial charge on any atom is -0.338 e. The summed E-state index contributed by atoms with van der Waals surface area (Å²) in [6.07, 6.45) is 2.29. The fourth-order valence-electron chi connectivity index (χ4n) is 3.46. The van der Waals surface area contributed by atoms with Crippen molar-refractivity contribution in [3.63, 3.8) is 0 Å². The van der Waals surface area contributed by atoms with E-state index in [9.17, 15) is 4.79 Å². The number of nitrogens with zero attached hydrogens (tertiary/aromatic N) is 4. The van der Waals surface area contributed by atoms with Crippen molar-refractivity contribution in [1.82, 2.24) is 19.9 Å². The van der Waals surface area contributed by atoms with Crippen molar-refractivity contribution in [1.29, 1.82) is 0 Å². The van der Waals surface area contributed by atoms with Crippen LogP contribution in [-0.2, 0) is 11.3 Å². The Morgan fingerprint density at radius 1 is 1.12 bits per heavy atom. The van der Waals surface area contributed by atoms with E-state index in [2.05, 4.69) is 37.4 Å². The molecule has 0 bridgehead atoms. The number of carbonyl (C=O) groups excluding carboxylic acids is 1. The molecule has 0 unspecified atom stereocenters. The number of aryl methyl sites for hydroxylation is 1. The Bertz CT molecular complexity index is 1210. The van der Waals surface area contributed by atoms with Crippen molar-refractivity contribution in [2.45, 2.75) is 37.4 Å². The third-order valence-electron chi connectivity index (χ3n) is 5.32. The molecule has 8 heteroatoms. The van der Waals surface area contributed by atoms with Gasteiger partial charge < -0.3 is 9.09 Å². The van der Waals surface area contributed by atoms with Gasteiger partial charge in [-0.25, -0.2) is 0 Å². The van der Waals surface area contributed by atoms with Crippen LogP contribution in [0.4, 0.5) is 5.88 Å². The molecule has 32 heavy (non-hydrogen) atoms. The van der Waals surface area contributed by atoms with E-state index in [1.54, 1.807) is 6.07 Å². The minimum atomic E-state index is -0.177. The molecule has 0 atom stereocenters. The van der Waals surface area contributed by atoms with Gasteiger partial charge in [0, 0.05) is 17.5 Å². The van der Waals surface area contributed by atoms with Gasteiger partial charge in [-0.05, 0) is 25.3 Å². The number of amides is 1. The number of hydrogen-bond acceptors (Lipinski definition) is 6. The molecule has 1 amide bonds. The molecule has 2 aromatic heterocycles. The van der Waals surface area contributed by atoms with Gasteiger partial charge in [-0.15, -0.1) is 10.2 Å². The monoisotopic (exact) mass is 445 g/mol. The van der Waals surface area contributed by atoms with Crippen LogP contribution in [0, 0.1) is 6.92 Å². The molecular formula is C24H23N5O2S. The fourth-order valence-corrected chi connectivity index (χ4v) is 4.21. The maximum atomic E-state index is 12.5. The lowest BCUT2D eigenvalue weighted by Gasteiger charge is -2.09. The lowest BCUT2D eigenvalue weighted by molar-refractivity contribution is -0.113. The summed E-state index contributed by atoms with van der Waals surface area (Å²) in [5, 5.41) is 16.4. The van der Waals surface area contributed by atoms with E-state index in [1.165, 1.54) is 22.9 Å². The van der Waals surface area contributed by atoms with Gasteiger partial charge in [0.05, 0.1) is 12.3 Å². The minimum absolute atomic E-state index is 0.177. The normalized spacial score (nSPS) is 13.3. The maximum absolute atomic E-state index is 12.5. The van der Waals surface area contributed by atoms with Crippen molar-refractivity contribution in [3.05, 3.63) is 77.6 Å². The second-order valence-corrected chi connectivity index (χ2v) is 8.91. The van der Waals surface area contributed by atoms with Crippen LogP contribution in [0.3, 0.4) is 0 Å². The smallest absolute Gasteiger partial charge is 0.237 e. The van der Waals surface area contributed by atoms with E-state index in [0.717, 1.165) is 29.4 Å². The number of benzene rings is 2. The van der Waals surface area contributed by atoms with Gasteiger partial charge in [0.25, 0.3) is 0 Å². The summed E-state index contributed by atoms with van der Waals surface area (Å²) in [4.78, 5) is 12.5. The first-order valence-corrected chi connectivity index (χ1v) is 11.6. The highest BCUT2D eigenvalue weighted by atomic mass is 32.2. The van der Waals surface area contributed by atoms with Gasteiger partial charge >= 0.3 is 0 Å². The number of nitrogens with one attached hydrogen (secondary N) is 1. The van der Waals surface area contributed by atoms with Crippen LogP contribution < -0.4 is 5.32 Å². The predicted octanol–water partition coefficient (Wildman–Crippen LogP) is 4.90. The van der Waals surface area contributed by atoms with Crippen molar-refractivity contribution < 1.29 is 9.32 Å². The first kappa shape index (κ1) is 20.5. The summed E-state index contributed by atoms with van der Waals surface area (Å²) in [6, 6.07) is 20.0. The van der Waals surface area contributed by atoms with E-state index < -0.39 is 0 Å². The van der Waals surface area contributed by atoms with Gasteiger partial charge in [0.15, 0.2) is 5.16 Å². The van der Waals surface area contributed by atoms with Crippen LogP contribution in [0.15, 0.2) is 70.3 Å². The Labute approximate surface area is 190 Å². The Morgan fingerprint density at radius 3 is 2.66 bits per heavy atom. The van der Waals surface area contributed by atoms with Gasteiger partial charge in [-0.2, -0.15) is 0 Å². The Hall–Kier alpha value is -3.39. The highest BCUT2D eigenvalue weighted by Crippen LogP contribution is 2.40. The second-order valence-electron chi connectivity index (χ2n) is 7.97. The zero-order valence-electron chi connectivity index (χ0n) is 17.7. The molecule has 1 saturated carbocycles. The molecule has 2 heterocycles. The van der Waals surface area contributed by atoms with E-state index in [1.807, 2.05) is 49.4 Å². The van der Waals surface area contributed by atoms with Crippen molar-refractivity contribution in [2.24, 2.45) is 0 Å². The Morgan fingerprint density at radius 2 is 1.91 bits per heavy atom. The molecule has 1 aliphatic rings. The van der Waals surface area contributed by atoms with E-state index in [4.69, 9.17) is 4.52 Å². The van der Waals surface area contributed by atoms with Crippen molar-refractivity contribution in [3.8, 4) is 11.3 Å². The van der Waals surface area contributed by atoms with E-state index in [-0.39, 0.29) is 11.7 Å². The quantitative estimate of drug-likeness (QED) is 0.388. The molecule has 7 nitrogen and oxygen atoms in total. The standard InChI is InChI=1S/C24H23N5O2S/c1-16-7-9-18(10-8-16)20-13-22(31-28-20)25-21(30)15-32-24-27-26-23(19-11-12-19)29(24)14-17-5-3-2-4-6-17/h2-10,13,19H,11-12,14-15H2,1H3,(H,25,30). The molecule has 0 saturated heterocycles. The highest BCUT2D eigenvalue weighted by molar-refractivity contribution is 7.99. The molecule has 162 valence electrons. The third kappa shape index (κ3) is 4.75. The summed E-state index contributed by atoms with van der Waals surface area (Å²) in [7, 11) is 0. The molecule has 1 aliphatic carbocycles. The first-order chi connectivity index (χ1) is 15.7. The van der Waals surface area contributed by atoms with Crippen LogP contribution in [0.5, 0.6) is 0 Å². The Balaban J connectivity index is 1.23. The topological polar surface area (TPSA) is 85.8 Å². The van der Waals surface area contributed by atoms with E-state index in [0.29, 0.717) is 24.0 Å². The SMILES string of the molecule is Cc1ccc(-c2cc(NC(=O)CSc3nnc(C4CC4)n3Cc3ccccc3)on2)cc1. The van der Waals surface area contributed by atoms with Crippen LogP contribution in [0.25, 0.3) is 11.3 Å². The maximum Gasteiger partial charge on any atom is 0.237 e. The first-order valence-electron chi connectivity index (χ1n) is 10.6. The zero-order valence-corrected chi connectivity index (χ0v) is 18.5. The largest absolute Gasteiger partial charge is 0.338 e. The molecule has 0 aliphatic heterocycles. The lowest BCUT2D eigenvalue weighted by atomic mass is 10.1. The van der Waals surface area contributed by atoms with Gasteiger partial charge in [-0.3, -0.25) is 10.1 Å². The molecule has 5 rings (SSSR count). The third-order valence-corrected chi connectivity index (χ3v) is 6.29. The van der Waals surface area contributed by atoms with Crippen LogP contribution in [0.2, 0.25) is 0 Å². The number of carbonyl (C=O) groups is 1.